The van der Waals surface area contributed by atoms with Gasteiger partial charge in [-0.3, -0.25) is 23.4 Å². The molecule has 0 saturated carbocycles. The number of phosphoric ester groups is 1. The highest BCUT2D eigenvalue weighted by molar-refractivity contribution is 7.47. The fraction of sp³-hybridized carbons (Fsp3) is 0.829. The van der Waals surface area contributed by atoms with Crippen molar-refractivity contribution in [2.75, 3.05) is 47.5 Å². The first-order valence-corrected chi connectivity index (χ1v) is 22.0. The Balaban J connectivity index is 4.45. The molecule has 0 radical (unpaired) electrons. The van der Waals surface area contributed by atoms with Crippen molar-refractivity contribution < 1.29 is 46.8 Å². The maximum absolute atomic E-state index is 12.6. The van der Waals surface area contributed by atoms with Gasteiger partial charge in [-0.25, -0.2) is 4.57 Å². The molecular formula is C41H77NO9P+. The van der Waals surface area contributed by atoms with Gasteiger partial charge in [0.2, 0.25) is 0 Å². The molecule has 10 nitrogen and oxygen atoms in total. The first-order valence-electron chi connectivity index (χ1n) is 20.5. The number of esters is 2. The van der Waals surface area contributed by atoms with E-state index in [1.54, 1.807) is 6.08 Å². The minimum atomic E-state index is -4.38. The largest absolute Gasteiger partial charge is 0.472 e. The summed E-state index contributed by atoms with van der Waals surface area (Å²) in [6, 6.07) is 0. The molecule has 52 heavy (non-hydrogen) atoms. The lowest BCUT2D eigenvalue weighted by Gasteiger charge is -2.24. The summed E-state index contributed by atoms with van der Waals surface area (Å²) in [5.74, 6) is -0.678. The number of phosphoric acid groups is 1. The van der Waals surface area contributed by atoms with E-state index in [-0.39, 0.29) is 31.8 Å². The van der Waals surface area contributed by atoms with Crippen LogP contribution in [0.1, 0.15) is 168 Å². The van der Waals surface area contributed by atoms with E-state index in [0.717, 1.165) is 70.6 Å². The van der Waals surface area contributed by atoms with Crippen LogP contribution in [-0.4, -0.2) is 80.7 Å². The molecule has 0 bridgehead atoms. The molecule has 0 aliphatic heterocycles. The predicted octanol–water partition coefficient (Wildman–Crippen LogP) is 10.4. The lowest BCUT2D eigenvalue weighted by atomic mass is 10.0. The van der Waals surface area contributed by atoms with Crippen molar-refractivity contribution in [3.63, 3.8) is 0 Å². The van der Waals surface area contributed by atoms with Crippen LogP contribution >= 0.6 is 7.82 Å². The van der Waals surface area contributed by atoms with Gasteiger partial charge in [-0.2, -0.15) is 0 Å². The van der Waals surface area contributed by atoms with Crippen LogP contribution in [0.15, 0.2) is 24.3 Å². The number of ether oxygens (including phenoxy) is 2. The van der Waals surface area contributed by atoms with Crippen molar-refractivity contribution in [2.24, 2.45) is 0 Å². The number of unbranched alkanes of at least 4 members (excludes halogenated alkanes) is 18. The molecule has 0 aromatic rings. The number of hydrogen-bond acceptors (Lipinski definition) is 8. The second-order valence-electron chi connectivity index (χ2n) is 15.1. The fourth-order valence-corrected chi connectivity index (χ4v) is 6.15. The first kappa shape index (κ1) is 50.2. The van der Waals surface area contributed by atoms with Crippen LogP contribution in [0.4, 0.5) is 0 Å². The van der Waals surface area contributed by atoms with Crippen molar-refractivity contribution in [1.29, 1.82) is 0 Å². The van der Waals surface area contributed by atoms with Gasteiger partial charge < -0.3 is 18.9 Å². The number of carbonyl (C=O) groups excluding carboxylic acids is 3. The van der Waals surface area contributed by atoms with E-state index >= 15 is 0 Å². The number of ketones is 1. The molecule has 1 N–H and O–H groups in total. The molecule has 0 rings (SSSR count). The molecule has 0 amide bonds. The Morgan fingerprint density at radius 3 is 1.71 bits per heavy atom. The lowest BCUT2D eigenvalue weighted by Crippen LogP contribution is -2.37. The second kappa shape index (κ2) is 33.7. The maximum atomic E-state index is 12.6. The van der Waals surface area contributed by atoms with E-state index in [0.29, 0.717) is 30.3 Å². The molecule has 304 valence electrons. The Morgan fingerprint density at radius 1 is 0.635 bits per heavy atom. The second-order valence-corrected chi connectivity index (χ2v) is 16.5. The molecule has 0 aliphatic carbocycles. The summed E-state index contributed by atoms with van der Waals surface area (Å²) in [6.07, 6.45) is 30.6. The number of likely N-dealkylation sites (N-methyl/N-ethyl adjacent to an activating group) is 1. The standard InChI is InChI=1S/C41H76NO9P/c1-6-8-10-11-12-13-14-15-18-22-25-29-33-41(45)51-39(37-50-52(46,47)49-35-34-42(3,4)5)36-48-40(44)32-28-24-21-19-16-17-20-23-27-31-38(43)30-26-9-7-2/h20,23,27,31,39H,6-19,21-22,24-26,28-30,32-37H2,1-5H3/p+1/b23-20-,31-27+/t39-/m1/s1. The minimum Gasteiger partial charge on any atom is -0.462 e. The molecule has 0 aliphatic rings. The van der Waals surface area contributed by atoms with Crippen LogP contribution in [0.25, 0.3) is 0 Å². The van der Waals surface area contributed by atoms with E-state index in [1.165, 1.54) is 51.4 Å². The highest BCUT2D eigenvalue weighted by Crippen LogP contribution is 2.43. The summed E-state index contributed by atoms with van der Waals surface area (Å²) >= 11 is 0. The summed E-state index contributed by atoms with van der Waals surface area (Å²) in [5.41, 5.74) is 0. The molecule has 11 heteroatoms. The Hall–Kier alpha value is -1.84. The number of hydrogen-bond donors (Lipinski definition) is 1. The molecule has 0 spiro atoms. The summed E-state index contributed by atoms with van der Waals surface area (Å²) in [5, 5.41) is 0. The van der Waals surface area contributed by atoms with Crippen molar-refractivity contribution in [2.45, 2.75) is 174 Å². The van der Waals surface area contributed by atoms with Gasteiger partial charge in [0.05, 0.1) is 27.7 Å². The average molecular weight is 759 g/mol. The smallest absolute Gasteiger partial charge is 0.462 e. The minimum absolute atomic E-state index is 0.0190. The Kier molecular flexibility index (Phi) is 32.5. The Bertz CT molecular complexity index is 1010. The van der Waals surface area contributed by atoms with Gasteiger partial charge in [0, 0.05) is 19.3 Å². The molecule has 0 aromatic carbocycles. The maximum Gasteiger partial charge on any atom is 0.472 e. The Morgan fingerprint density at radius 2 is 1.13 bits per heavy atom. The number of nitrogens with zero attached hydrogens (tertiary/aromatic N) is 1. The van der Waals surface area contributed by atoms with Crippen LogP contribution in [0, 0.1) is 0 Å². The highest BCUT2D eigenvalue weighted by atomic mass is 31.2. The topological polar surface area (TPSA) is 125 Å². The number of allylic oxidation sites excluding steroid dienone is 4. The van der Waals surface area contributed by atoms with Gasteiger partial charge in [-0.15, -0.1) is 0 Å². The van der Waals surface area contributed by atoms with Crippen molar-refractivity contribution >= 4 is 25.5 Å². The highest BCUT2D eigenvalue weighted by Gasteiger charge is 2.27. The zero-order chi connectivity index (χ0) is 38.8. The molecule has 2 atom stereocenters. The van der Waals surface area contributed by atoms with E-state index in [1.807, 2.05) is 33.3 Å². The summed E-state index contributed by atoms with van der Waals surface area (Å²) in [7, 11) is 1.43. The third-order valence-corrected chi connectivity index (χ3v) is 9.69. The molecule has 0 heterocycles. The van der Waals surface area contributed by atoms with E-state index in [4.69, 9.17) is 18.5 Å². The van der Waals surface area contributed by atoms with E-state index in [2.05, 4.69) is 19.9 Å². The summed E-state index contributed by atoms with van der Waals surface area (Å²) < 4.78 is 34.1. The van der Waals surface area contributed by atoms with Crippen LogP contribution in [0.5, 0.6) is 0 Å². The van der Waals surface area contributed by atoms with Crippen LogP contribution < -0.4 is 0 Å². The fourth-order valence-electron chi connectivity index (χ4n) is 5.41. The van der Waals surface area contributed by atoms with Gasteiger partial charge in [0.1, 0.15) is 19.8 Å². The number of quaternary nitrogens is 1. The van der Waals surface area contributed by atoms with Crippen LogP contribution in [-0.2, 0) is 37.5 Å². The van der Waals surface area contributed by atoms with Crippen molar-refractivity contribution in [1.82, 2.24) is 0 Å². The average Bonchev–Trinajstić information content (AvgIpc) is 3.08. The quantitative estimate of drug-likeness (QED) is 0.0165. The molecule has 0 fully saturated rings. The van der Waals surface area contributed by atoms with E-state index in [9.17, 15) is 23.8 Å². The predicted molar refractivity (Wildman–Crippen MR) is 211 cm³/mol. The number of rotatable bonds is 37. The van der Waals surface area contributed by atoms with Crippen molar-refractivity contribution in [3.8, 4) is 0 Å². The van der Waals surface area contributed by atoms with Gasteiger partial charge in [-0.05, 0) is 38.2 Å². The third kappa shape index (κ3) is 36.5. The van der Waals surface area contributed by atoms with E-state index < -0.39 is 32.5 Å². The summed E-state index contributed by atoms with van der Waals surface area (Å²) in [6.45, 7) is 4.20. The van der Waals surface area contributed by atoms with Gasteiger partial charge in [0.15, 0.2) is 11.9 Å². The zero-order valence-corrected chi connectivity index (χ0v) is 34.7. The van der Waals surface area contributed by atoms with Gasteiger partial charge >= 0.3 is 19.8 Å². The molecule has 0 aromatic heterocycles. The molecule has 0 saturated heterocycles. The SMILES string of the molecule is CCCCCCCCCCCCCCC(=O)O[C@H](COC(=O)CCCCCCC/C=C\C=C\C(=O)CCCCC)COP(=O)(O)OCC[N+](C)(C)C. The lowest BCUT2D eigenvalue weighted by molar-refractivity contribution is -0.870. The first-order chi connectivity index (χ1) is 24.9. The van der Waals surface area contributed by atoms with Crippen LogP contribution in [0.2, 0.25) is 0 Å². The normalized spacial score (nSPS) is 13.8. The molecular weight excluding hydrogens is 681 g/mol. The van der Waals surface area contributed by atoms with Gasteiger partial charge in [0.25, 0.3) is 0 Å². The van der Waals surface area contributed by atoms with Crippen LogP contribution in [0.3, 0.4) is 0 Å². The Labute approximate surface area is 317 Å². The monoisotopic (exact) mass is 759 g/mol. The summed E-state index contributed by atoms with van der Waals surface area (Å²) in [4.78, 5) is 47.0. The zero-order valence-electron chi connectivity index (χ0n) is 33.8. The third-order valence-electron chi connectivity index (χ3n) is 8.71. The van der Waals surface area contributed by atoms with Gasteiger partial charge in [-0.1, -0.05) is 135 Å². The number of carbonyl (C=O) groups is 3. The molecule has 1 unspecified atom stereocenters. The van der Waals surface area contributed by atoms with Crippen molar-refractivity contribution in [3.05, 3.63) is 24.3 Å².